The molecule has 2 fully saturated rings. The predicted molar refractivity (Wildman–Crippen MR) is 111 cm³/mol. The highest BCUT2D eigenvalue weighted by Crippen LogP contribution is 2.41. The van der Waals surface area contributed by atoms with Crippen molar-refractivity contribution in [3.8, 4) is 5.75 Å². The third-order valence-electron chi connectivity index (χ3n) is 5.89. The number of nitrogens with zero attached hydrogens (tertiary/aromatic N) is 1. The quantitative estimate of drug-likeness (QED) is 0.496. The van der Waals surface area contributed by atoms with E-state index >= 15 is 0 Å². The first-order chi connectivity index (χ1) is 15.5. The van der Waals surface area contributed by atoms with E-state index < -0.39 is 35.5 Å². The monoisotopic (exact) mass is 467 g/mol. The van der Waals surface area contributed by atoms with Gasteiger partial charge in [0, 0.05) is 17.7 Å². The fraction of sp³-hybridized carbons (Fsp3) is 0.364. The Kier molecular flexibility index (Phi) is 5.81. The highest BCUT2D eigenvalue weighted by molar-refractivity contribution is 5.96. The predicted octanol–water partition coefficient (Wildman–Crippen LogP) is 4.83. The topological polar surface area (TPSA) is 93.9 Å². The van der Waals surface area contributed by atoms with E-state index in [1.807, 2.05) is 0 Å². The third-order valence-corrected chi connectivity index (χ3v) is 5.89. The van der Waals surface area contributed by atoms with Crippen LogP contribution in [0.1, 0.15) is 25.7 Å². The second-order valence-corrected chi connectivity index (χ2v) is 8.17. The van der Waals surface area contributed by atoms with Crippen LogP contribution < -0.4 is 20.7 Å². The van der Waals surface area contributed by atoms with Crippen LogP contribution in [0.3, 0.4) is 0 Å². The molecule has 2 aromatic rings. The van der Waals surface area contributed by atoms with Crippen LogP contribution in [0, 0.1) is 11.7 Å². The first kappa shape index (κ1) is 22.7. The second kappa shape index (κ2) is 8.45. The average Bonchev–Trinajstić information content (AvgIpc) is 3.06. The SMILES string of the molecule is Nc1ccc(OC(F)(F)F)cc1NC(=O)[C@H]1CC[C@]2(CC1)CN(c1ccc(F)cc1)C(=O)O2. The number of hydrogen-bond donors (Lipinski definition) is 2. The molecule has 2 aliphatic rings. The fourth-order valence-corrected chi connectivity index (χ4v) is 4.18. The summed E-state index contributed by atoms with van der Waals surface area (Å²) in [6.07, 6.45) is -3.71. The molecule has 0 bridgehead atoms. The molecule has 1 aliphatic heterocycles. The van der Waals surface area contributed by atoms with Gasteiger partial charge in [-0.25, -0.2) is 9.18 Å². The van der Waals surface area contributed by atoms with E-state index in [0.29, 0.717) is 31.4 Å². The van der Waals surface area contributed by atoms with Crippen molar-refractivity contribution in [3.05, 3.63) is 48.3 Å². The number of hydrogen-bond acceptors (Lipinski definition) is 5. The van der Waals surface area contributed by atoms with Crippen LogP contribution in [0.2, 0.25) is 0 Å². The van der Waals surface area contributed by atoms with Gasteiger partial charge in [0.25, 0.3) is 0 Å². The zero-order valence-corrected chi connectivity index (χ0v) is 17.3. The molecule has 33 heavy (non-hydrogen) atoms. The van der Waals surface area contributed by atoms with Crippen LogP contribution in [-0.2, 0) is 9.53 Å². The van der Waals surface area contributed by atoms with Crippen molar-refractivity contribution in [2.75, 3.05) is 22.5 Å². The first-order valence-corrected chi connectivity index (χ1v) is 10.3. The lowest BCUT2D eigenvalue weighted by Gasteiger charge is -2.34. The summed E-state index contributed by atoms with van der Waals surface area (Å²) >= 11 is 0. The number of nitrogens with one attached hydrogen (secondary N) is 1. The van der Waals surface area contributed by atoms with Gasteiger partial charge >= 0.3 is 12.5 Å². The number of carbonyl (C=O) groups is 2. The van der Waals surface area contributed by atoms with Crippen molar-refractivity contribution in [3.63, 3.8) is 0 Å². The van der Waals surface area contributed by atoms with Gasteiger partial charge in [-0.3, -0.25) is 9.69 Å². The molecule has 7 nitrogen and oxygen atoms in total. The van der Waals surface area contributed by atoms with Gasteiger partial charge in [-0.05, 0) is 62.1 Å². The highest BCUT2D eigenvalue weighted by Gasteiger charge is 2.48. The van der Waals surface area contributed by atoms with Crippen LogP contribution in [0.5, 0.6) is 5.75 Å². The number of halogens is 4. The van der Waals surface area contributed by atoms with E-state index in [2.05, 4.69) is 10.1 Å². The summed E-state index contributed by atoms with van der Waals surface area (Å²) in [6.45, 7) is 0.287. The molecule has 2 aromatic carbocycles. The standard InChI is InChI=1S/C22H21F4N3O4/c23-14-1-3-15(4-2-14)29-12-21(33-20(29)31)9-7-13(8-10-21)19(30)28-18-11-16(5-6-17(18)27)32-22(24,25)26/h1-6,11,13H,7-10,12,27H2,(H,28,30)/t13-,21-. The van der Waals surface area contributed by atoms with Crippen molar-refractivity contribution < 1.29 is 36.6 Å². The largest absolute Gasteiger partial charge is 0.573 e. The number of carbonyl (C=O) groups excluding carboxylic acids is 2. The maximum absolute atomic E-state index is 13.2. The van der Waals surface area contributed by atoms with E-state index in [4.69, 9.17) is 10.5 Å². The summed E-state index contributed by atoms with van der Waals surface area (Å²) < 4.78 is 60.0. The number of ether oxygens (including phenoxy) is 2. The van der Waals surface area contributed by atoms with E-state index in [9.17, 15) is 27.2 Å². The number of benzene rings is 2. The summed E-state index contributed by atoms with van der Waals surface area (Å²) in [6, 6.07) is 8.80. The van der Waals surface area contributed by atoms with Gasteiger partial charge in [0.1, 0.15) is 17.2 Å². The number of alkyl halides is 3. The highest BCUT2D eigenvalue weighted by atomic mass is 19.4. The molecule has 3 N–H and O–H groups in total. The first-order valence-electron chi connectivity index (χ1n) is 10.3. The minimum absolute atomic E-state index is 0.0248. The van der Waals surface area contributed by atoms with Crippen molar-refractivity contribution >= 4 is 29.1 Å². The molecule has 1 aliphatic carbocycles. The minimum atomic E-state index is -4.87. The van der Waals surface area contributed by atoms with Crippen LogP contribution >= 0.6 is 0 Å². The van der Waals surface area contributed by atoms with Crippen molar-refractivity contribution in [1.29, 1.82) is 0 Å². The van der Waals surface area contributed by atoms with E-state index in [1.54, 1.807) is 0 Å². The summed E-state index contributed by atoms with van der Waals surface area (Å²) in [4.78, 5) is 26.5. The van der Waals surface area contributed by atoms with Gasteiger partial charge < -0.3 is 20.5 Å². The van der Waals surface area contributed by atoms with Crippen LogP contribution in [0.4, 0.5) is 39.4 Å². The number of anilines is 3. The lowest BCUT2D eigenvalue weighted by atomic mass is 9.78. The second-order valence-electron chi connectivity index (χ2n) is 8.17. The van der Waals surface area contributed by atoms with Crippen LogP contribution in [0.25, 0.3) is 0 Å². The van der Waals surface area contributed by atoms with Crippen molar-refractivity contribution in [2.24, 2.45) is 5.92 Å². The maximum atomic E-state index is 13.2. The zero-order chi connectivity index (χ0) is 23.8. The Morgan fingerprint density at radius 1 is 1.15 bits per heavy atom. The maximum Gasteiger partial charge on any atom is 0.573 e. The molecule has 176 valence electrons. The van der Waals surface area contributed by atoms with Gasteiger partial charge in [0.15, 0.2) is 0 Å². The number of rotatable bonds is 4. The van der Waals surface area contributed by atoms with Gasteiger partial charge in [0.05, 0.1) is 17.9 Å². The lowest BCUT2D eigenvalue weighted by Crippen LogP contribution is -2.41. The fourth-order valence-electron chi connectivity index (χ4n) is 4.18. The summed E-state index contributed by atoms with van der Waals surface area (Å²) in [5.41, 5.74) is 5.68. The van der Waals surface area contributed by atoms with Gasteiger partial charge in [0.2, 0.25) is 5.91 Å². The molecule has 0 radical (unpaired) electrons. The molecule has 1 heterocycles. The minimum Gasteiger partial charge on any atom is -0.441 e. The Balaban J connectivity index is 1.37. The van der Waals surface area contributed by atoms with Crippen molar-refractivity contribution in [2.45, 2.75) is 37.6 Å². The molecule has 0 unspecified atom stereocenters. The van der Waals surface area contributed by atoms with Gasteiger partial charge in [-0.15, -0.1) is 13.2 Å². The van der Waals surface area contributed by atoms with Gasteiger partial charge in [-0.2, -0.15) is 0 Å². The van der Waals surface area contributed by atoms with E-state index in [-0.39, 0.29) is 23.8 Å². The van der Waals surface area contributed by atoms with E-state index in [1.165, 1.54) is 35.2 Å². The number of nitrogens with two attached hydrogens (primary N) is 1. The normalized spacial score (nSPS) is 22.8. The Labute approximate surface area is 186 Å². The molecular weight excluding hydrogens is 446 g/mol. The zero-order valence-electron chi connectivity index (χ0n) is 17.3. The molecule has 0 aromatic heterocycles. The summed E-state index contributed by atoms with van der Waals surface area (Å²) in [5, 5.41) is 2.57. The van der Waals surface area contributed by atoms with E-state index in [0.717, 1.165) is 12.1 Å². The molecule has 1 saturated carbocycles. The Morgan fingerprint density at radius 2 is 1.82 bits per heavy atom. The smallest absolute Gasteiger partial charge is 0.441 e. The molecule has 4 rings (SSSR count). The third kappa shape index (κ3) is 5.12. The van der Waals surface area contributed by atoms with Crippen molar-refractivity contribution in [1.82, 2.24) is 0 Å². The van der Waals surface area contributed by atoms with Crippen LogP contribution in [0.15, 0.2) is 42.5 Å². The Bertz CT molecular complexity index is 1050. The van der Waals surface area contributed by atoms with Crippen LogP contribution in [-0.4, -0.2) is 30.5 Å². The summed E-state index contributed by atoms with van der Waals surface area (Å²) in [5.74, 6) is -1.72. The molecule has 1 spiro atoms. The molecule has 2 amide bonds. The summed E-state index contributed by atoms with van der Waals surface area (Å²) in [7, 11) is 0. The molecule has 1 saturated heterocycles. The van der Waals surface area contributed by atoms with Gasteiger partial charge in [-0.1, -0.05) is 0 Å². The average molecular weight is 467 g/mol. The molecule has 11 heteroatoms. The lowest BCUT2D eigenvalue weighted by molar-refractivity contribution is -0.274. The number of nitrogen functional groups attached to an aromatic ring is 1. The molecule has 0 atom stereocenters. The number of amides is 2. The Morgan fingerprint density at radius 3 is 2.45 bits per heavy atom. The Hall–Kier alpha value is -3.50. The molecular formula is C22H21F4N3O4.